The quantitative estimate of drug-likeness (QED) is 0.647. The molecule has 0 saturated heterocycles. The molecule has 3 rings (SSSR count). The molecule has 0 aliphatic heterocycles. The largest absolute Gasteiger partial charge is 0.473 e. The Morgan fingerprint density at radius 2 is 2.09 bits per heavy atom. The maximum absolute atomic E-state index is 5.97. The van der Waals surface area contributed by atoms with Crippen molar-refractivity contribution in [3.63, 3.8) is 0 Å². The van der Waals surface area contributed by atoms with Crippen molar-refractivity contribution in [1.82, 2.24) is 4.98 Å². The SMILES string of the molecule is Cc1nc(OCc2c(C3CC3)cccc2N(C)N)ccc1Br. The van der Waals surface area contributed by atoms with Crippen molar-refractivity contribution in [2.75, 3.05) is 12.1 Å². The zero-order valence-corrected chi connectivity index (χ0v) is 14.4. The molecular formula is C17H20BrN3O. The molecule has 0 unspecified atom stereocenters. The summed E-state index contributed by atoms with van der Waals surface area (Å²) in [7, 11) is 1.86. The first-order valence-corrected chi connectivity index (χ1v) is 8.21. The molecule has 5 heteroatoms. The number of rotatable bonds is 5. The highest BCUT2D eigenvalue weighted by Crippen LogP contribution is 2.43. The normalized spacial score (nSPS) is 14.0. The van der Waals surface area contributed by atoms with Gasteiger partial charge in [0.25, 0.3) is 0 Å². The Balaban J connectivity index is 1.85. The zero-order valence-electron chi connectivity index (χ0n) is 12.8. The fourth-order valence-electron chi connectivity index (χ4n) is 2.60. The number of hydrogen-bond acceptors (Lipinski definition) is 4. The minimum atomic E-state index is 0.484. The summed E-state index contributed by atoms with van der Waals surface area (Å²) in [5, 5.41) is 1.66. The molecule has 22 heavy (non-hydrogen) atoms. The minimum absolute atomic E-state index is 0.484. The van der Waals surface area contributed by atoms with Gasteiger partial charge in [-0.15, -0.1) is 0 Å². The third-order valence-corrected chi connectivity index (χ3v) is 4.78. The second-order valence-corrected chi connectivity index (χ2v) is 6.59. The lowest BCUT2D eigenvalue weighted by Crippen LogP contribution is -2.27. The molecule has 116 valence electrons. The monoisotopic (exact) mass is 361 g/mol. The van der Waals surface area contributed by atoms with E-state index in [2.05, 4.69) is 33.0 Å². The number of aryl methyl sites for hydroxylation is 1. The second kappa shape index (κ2) is 6.26. The van der Waals surface area contributed by atoms with Crippen LogP contribution in [0.25, 0.3) is 0 Å². The van der Waals surface area contributed by atoms with Gasteiger partial charge in [-0.25, -0.2) is 10.8 Å². The van der Waals surface area contributed by atoms with Gasteiger partial charge >= 0.3 is 0 Å². The number of anilines is 1. The lowest BCUT2D eigenvalue weighted by Gasteiger charge is -2.20. The lowest BCUT2D eigenvalue weighted by molar-refractivity contribution is 0.292. The molecule has 0 amide bonds. The number of ether oxygens (including phenoxy) is 1. The molecule has 0 spiro atoms. The van der Waals surface area contributed by atoms with Crippen LogP contribution in [0, 0.1) is 6.92 Å². The van der Waals surface area contributed by atoms with Crippen molar-refractivity contribution < 1.29 is 4.74 Å². The average molecular weight is 362 g/mol. The summed E-state index contributed by atoms with van der Waals surface area (Å²) in [6.45, 7) is 2.44. The van der Waals surface area contributed by atoms with E-state index in [1.54, 1.807) is 5.01 Å². The highest BCUT2D eigenvalue weighted by Gasteiger charge is 2.27. The Labute approximate surface area is 139 Å². The summed E-state index contributed by atoms with van der Waals surface area (Å²) in [5.41, 5.74) is 4.45. The van der Waals surface area contributed by atoms with Gasteiger partial charge in [0.15, 0.2) is 0 Å². The van der Waals surface area contributed by atoms with Crippen LogP contribution in [0.4, 0.5) is 5.69 Å². The Morgan fingerprint density at radius 1 is 1.32 bits per heavy atom. The van der Waals surface area contributed by atoms with E-state index in [0.717, 1.165) is 21.4 Å². The second-order valence-electron chi connectivity index (χ2n) is 5.74. The topological polar surface area (TPSA) is 51.4 Å². The van der Waals surface area contributed by atoms with Crippen molar-refractivity contribution in [2.24, 2.45) is 5.84 Å². The summed E-state index contributed by atoms with van der Waals surface area (Å²) in [6.07, 6.45) is 2.50. The lowest BCUT2D eigenvalue weighted by atomic mass is 10.0. The van der Waals surface area contributed by atoms with Gasteiger partial charge in [0, 0.05) is 23.2 Å². The molecule has 0 atom stereocenters. The van der Waals surface area contributed by atoms with Crippen LogP contribution in [-0.4, -0.2) is 12.0 Å². The number of benzene rings is 1. The smallest absolute Gasteiger partial charge is 0.213 e. The van der Waals surface area contributed by atoms with Crippen LogP contribution in [0.1, 0.15) is 35.6 Å². The van der Waals surface area contributed by atoms with E-state index in [0.29, 0.717) is 18.4 Å². The summed E-state index contributed by atoms with van der Waals surface area (Å²) in [5.74, 6) is 7.26. The van der Waals surface area contributed by atoms with E-state index in [1.165, 1.54) is 18.4 Å². The van der Waals surface area contributed by atoms with Gasteiger partial charge < -0.3 is 9.75 Å². The Bertz CT molecular complexity index is 663. The molecule has 1 heterocycles. The van der Waals surface area contributed by atoms with E-state index in [9.17, 15) is 0 Å². The average Bonchev–Trinajstić information content (AvgIpc) is 3.32. The van der Waals surface area contributed by atoms with Gasteiger partial charge in [0.2, 0.25) is 5.88 Å². The van der Waals surface area contributed by atoms with Crippen LogP contribution in [0.5, 0.6) is 5.88 Å². The predicted molar refractivity (Wildman–Crippen MR) is 92.0 cm³/mol. The van der Waals surface area contributed by atoms with Gasteiger partial charge in [-0.05, 0) is 59.3 Å². The standard InChI is InChI=1S/C17H20BrN3O/c1-11-15(18)8-9-17(20-11)22-10-14-13(12-6-7-12)4-3-5-16(14)21(2)19/h3-5,8-9,12H,6-7,10,19H2,1-2H3. The zero-order chi connectivity index (χ0) is 15.7. The molecule has 1 saturated carbocycles. The first-order chi connectivity index (χ1) is 10.6. The van der Waals surface area contributed by atoms with Gasteiger partial charge in [-0.3, -0.25) is 0 Å². The van der Waals surface area contributed by atoms with E-state index in [4.69, 9.17) is 10.6 Å². The van der Waals surface area contributed by atoms with Crippen molar-refractivity contribution in [3.8, 4) is 5.88 Å². The van der Waals surface area contributed by atoms with Crippen LogP contribution in [0.3, 0.4) is 0 Å². The Hall–Kier alpha value is -1.59. The maximum Gasteiger partial charge on any atom is 0.213 e. The van der Waals surface area contributed by atoms with Crippen molar-refractivity contribution in [3.05, 3.63) is 51.6 Å². The number of halogens is 1. The van der Waals surface area contributed by atoms with Crippen LogP contribution in [0.2, 0.25) is 0 Å². The molecule has 0 bridgehead atoms. The molecule has 2 aromatic rings. The number of pyridine rings is 1. The fourth-order valence-corrected chi connectivity index (χ4v) is 2.82. The molecule has 1 aromatic carbocycles. The van der Waals surface area contributed by atoms with E-state index in [1.807, 2.05) is 32.2 Å². The molecule has 1 aliphatic rings. The molecule has 1 aromatic heterocycles. The Kier molecular flexibility index (Phi) is 4.36. The Morgan fingerprint density at radius 3 is 2.73 bits per heavy atom. The third-order valence-electron chi connectivity index (χ3n) is 3.94. The van der Waals surface area contributed by atoms with Crippen molar-refractivity contribution >= 4 is 21.6 Å². The van der Waals surface area contributed by atoms with Gasteiger partial charge in [-0.1, -0.05) is 12.1 Å². The number of hydrazine groups is 1. The van der Waals surface area contributed by atoms with Gasteiger partial charge in [0.1, 0.15) is 6.61 Å². The molecule has 0 radical (unpaired) electrons. The highest BCUT2D eigenvalue weighted by molar-refractivity contribution is 9.10. The van der Waals surface area contributed by atoms with Crippen LogP contribution in [0.15, 0.2) is 34.8 Å². The molecule has 1 aliphatic carbocycles. The minimum Gasteiger partial charge on any atom is -0.473 e. The summed E-state index contributed by atoms with van der Waals surface area (Å²) < 4.78 is 6.91. The molecule has 1 fully saturated rings. The maximum atomic E-state index is 5.97. The van der Waals surface area contributed by atoms with Crippen molar-refractivity contribution in [1.29, 1.82) is 0 Å². The number of nitrogens with zero attached hydrogens (tertiary/aromatic N) is 2. The van der Waals surface area contributed by atoms with Gasteiger partial charge in [-0.2, -0.15) is 0 Å². The van der Waals surface area contributed by atoms with Crippen LogP contribution in [-0.2, 0) is 6.61 Å². The van der Waals surface area contributed by atoms with E-state index < -0.39 is 0 Å². The van der Waals surface area contributed by atoms with E-state index in [-0.39, 0.29) is 0 Å². The molecular weight excluding hydrogens is 342 g/mol. The highest BCUT2D eigenvalue weighted by atomic mass is 79.9. The van der Waals surface area contributed by atoms with Crippen molar-refractivity contribution in [2.45, 2.75) is 32.3 Å². The fraction of sp³-hybridized carbons (Fsp3) is 0.353. The van der Waals surface area contributed by atoms with E-state index >= 15 is 0 Å². The first kappa shape index (κ1) is 15.3. The molecule has 4 nitrogen and oxygen atoms in total. The summed E-state index contributed by atoms with van der Waals surface area (Å²) >= 11 is 3.45. The first-order valence-electron chi connectivity index (χ1n) is 7.42. The number of hydrogen-bond donors (Lipinski definition) is 1. The number of nitrogens with two attached hydrogens (primary N) is 1. The summed E-state index contributed by atoms with van der Waals surface area (Å²) in [6, 6.07) is 10.1. The van der Waals surface area contributed by atoms with Crippen LogP contribution < -0.4 is 15.6 Å². The number of aromatic nitrogens is 1. The van der Waals surface area contributed by atoms with Gasteiger partial charge in [0.05, 0.1) is 11.4 Å². The molecule has 2 N–H and O–H groups in total. The predicted octanol–water partition coefficient (Wildman–Crippen LogP) is 3.92. The van der Waals surface area contributed by atoms with Crippen LogP contribution >= 0.6 is 15.9 Å². The summed E-state index contributed by atoms with van der Waals surface area (Å²) in [4.78, 5) is 4.44. The third kappa shape index (κ3) is 3.25.